The van der Waals surface area contributed by atoms with Crippen LogP contribution >= 0.6 is 11.8 Å². The van der Waals surface area contributed by atoms with Crippen LogP contribution in [0.3, 0.4) is 0 Å². The molecule has 0 bridgehead atoms. The normalized spacial score (nSPS) is 16.8. The Kier molecular flexibility index (Phi) is 7.18. The van der Waals surface area contributed by atoms with Crippen LogP contribution in [0.25, 0.3) is 11.3 Å². The molecular weight excluding hydrogens is 493 g/mol. The van der Waals surface area contributed by atoms with Gasteiger partial charge in [-0.25, -0.2) is 4.39 Å². The summed E-state index contributed by atoms with van der Waals surface area (Å²) >= 11 is 1.29. The van der Waals surface area contributed by atoms with E-state index < -0.39 is 0 Å². The maximum Gasteiger partial charge on any atom is 0.255 e. The highest BCUT2D eigenvalue weighted by atomic mass is 32.2. The van der Waals surface area contributed by atoms with Gasteiger partial charge in [0, 0.05) is 37.0 Å². The van der Waals surface area contributed by atoms with Crippen molar-refractivity contribution in [1.82, 2.24) is 20.2 Å². The molecule has 8 nitrogen and oxygen atoms in total. The molecule has 0 radical (unpaired) electrons. The molecule has 3 aromatic rings. The Morgan fingerprint density at radius 3 is 3.08 bits per heavy atom. The lowest BCUT2D eigenvalue weighted by molar-refractivity contribution is -0.127. The number of nitrogens with one attached hydrogen (secondary N) is 3. The summed E-state index contributed by atoms with van der Waals surface area (Å²) < 4.78 is 20.8. The average molecular weight is 522 g/mol. The lowest BCUT2D eigenvalue weighted by Crippen LogP contribution is -2.38. The van der Waals surface area contributed by atoms with Gasteiger partial charge in [0.15, 0.2) is 0 Å². The molecule has 0 saturated carbocycles. The van der Waals surface area contributed by atoms with Gasteiger partial charge in [0.1, 0.15) is 18.2 Å². The van der Waals surface area contributed by atoms with Crippen molar-refractivity contribution in [2.75, 3.05) is 31.3 Å². The summed E-state index contributed by atoms with van der Waals surface area (Å²) in [7, 11) is 0. The van der Waals surface area contributed by atoms with Gasteiger partial charge in [-0.2, -0.15) is 0 Å². The largest absolute Gasteiger partial charge is 0.489 e. The minimum Gasteiger partial charge on any atom is -0.489 e. The van der Waals surface area contributed by atoms with E-state index in [2.05, 4.69) is 27.2 Å². The number of amides is 2. The van der Waals surface area contributed by atoms with Gasteiger partial charge < -0.3 is 25.3 Å². The number of hydrogen-bond acceptors (Lipinski definition) is 6. The van der Waals surface area contributed by atoms with Crippen molar-refractivity contribution in [1.29, 1.82) is 0 Å². The molecule has 192 valence electrons. The van der Waals surface area contributed by atoms with E-state index in [1.54, 1.807) is 29.4 Å². The van der Waals surface area contributed by atoms with Crippen molar-refractivity contribution in [3.8, 4) is 17.0 Å². The van der Waals surface area contributed by atoms with E-state index in [-0.39, 0.29) is 23.7 Å². The van der Waals surface area contributed by atoms with E-state index in [9.17, 15) is 14.0 Å². The Hall–Kier alpha value is -3.79. The minimum atomic E-state index is -0.337. The number of H-pyrrole nitrogens is 1. The standard InChI is InChI=1S/C27H28FN5O3S/c1-3-22(34)33-13-5-6-16(33)15-36-21-14-29-11-9-17(21)24-25(23-19(31-24)10-12-30-27(23)35)32-20-8-4-7-18(28)26(20)37-2/h3-4,7-9,11,14,16,31-32H,1,5-6,10,12-13,15H2,2H3,(H,30,35)/t16-/m0/s1. The first-order valence-corrected chi connectivity index (χ1v) is 13.4. The number of pyridine rings is 1. The molecule has 37 heavy (non-hydrogen) atoms. The zero-order valence-corrected chi connectivity index (χ0v) is 21.3. The summed E-state index contributed by atoms with van der Waals surface area (Å²) in [5, 5.41) is 6.23. The molecule has 3 N–H and O–H groups in total. The minimum absolute atomic E-state index is 0.0600. The van der Waals surface area contributed by atoms with Gasteiger partial charge in [0.05, 0.1) is 39.8 Å². The van der Waals surface area contributed by atoms with Crippen molar-refractivity contribution in [3.05, 3.63) is 66.4 Å². The summed E-state index contributed by atoms with van der Waals surface area (Å²) in [5.74, 6) is -0.121. The monoisotopic (exact) mass is 521 g/mol. The van der Waals surface area contributed by atoms with Gasteiger partial charge in [-0.1, -0.05) is 12.6 Å². The van der Waals surface area contributed by atoms with Crippen LogP contribution in [0.4, 0.5) is 15.8 Å². The van der Waals surface area contributed by atoms with Gasteiger partial charge in [-0.15, -0.1) is 11.8 Å². The SMILES string of the molecule is C=CC(=O)N1CCC[C@H]1COc1cnccc1-c1[nH]c2c(c1Nc1cccc(F)c1SC)C(=O)NCC2. The van der Waals surface area contributed by atoms with Crippen LogP contribution in [0.1, 0.15) is 28.9 Å². The maximum absolute atomic E-state index is 14.5. The number of benzene rings is 1. The van der Waals surface area contributed by atoms with Crippen LogP contribution in [0, 0.1) is 5.82 Å². The van der Waals surface area contributed by atoms with Crippen molar-refractivity contribution >= 4 is 35.0 Å². The molecule has 1 fully saturated rings. The Labute approximate surface area is 218 Å². The molecule has 1 saturated heterocycles. The van der Waals surface area contributed by atoms with Crippen LogP contribution in [-0.2, 0) is 11.2 Å². The molecule has 2 aliphatic heterocycles. The predicted molar refractivity (Wildman–Crippen MR) is 142 cm³/mol. The number of aromatic nitrogens is 2. The number of fused-ring (bicyclic) bond motifs is 1. The first kappa shape index (κ1) is 24.9. The number of hydrogen-bond donors (Lipinski definition) is 3. The maximum atomic E-state index is 14.5. The van der Waals surface area contributed by atoms with Crippen LogP contribution in [0.2, 0.25) is 0 Å². The fourth-order valence-electron chi connectivity index (χ4n) is 4.96. The van der Waals surface area contributed by atoms with Crippen LogP contribution < -0.4 is 15.4 Å². The van der Waals surface area contributed by atoms with E-state index in [1.165, 1.54) is 23.9 Å². The molecule has 2 aliphatic rings. The second-order valence-corrected chi connectivity index (χ2v) is 9.71. The van der Waals surface area contributed by atoms with Gasteiger partial charge in [0.2, 0.25) is 5.91 Å². The highest BCUT2D eigenvalue weighted by Gasteiger charge is 2.30. The number of likely N-dealkylation sites (tertiary alicyclic amines) is 1. The first-order valence-electron chi connectivity index (χ1n) is 12.1. The summed E-state index contributed by atoms with van der Waals surface area (Å²) in [6.45, 7) is 5.11. The van der Waals surface area contributed by atoms with Crippen LogP contribution in [0.15, 0.2) is 54.2 Å². The third-order valence-corrected chi connectivity index (χ3v) is 7.54. The number of ether oxygens (including phenoxy) is 1. The molecule has 0 unspecified atom stereocenters. The molecule has 0 spiro atoms. The van der Waals surface area contributed by atoms with Crippen LogP contribution in [-0.4, -0.2) is 58.7 Å². The van der Waals surface area contributed by atoms with Gasteiger partial charge in [-0.3, -0.25) is 14.6 Å². The second-order valence-electron chi connectivity index (χ2n) is 8.89. The molecule has 2 amide bonds. The zero-order chi connectivity index (χ0) is 25.9. The highest BCUT2D eigenvalue weighted by Crippen LogP contribution is 2.42. The number of anilines is 2. The molecular formula is C27H28FN5O3S. The number of carbonyl (C=O) groups excluding carboxylic acids is 2. The van der Waals surface area contributed by atoms with Gasteiger partial charge in [-0.05, 0) is 43.4 Å². The van der Waals surface area contributed by atoms with E-state index in [0.29, 0.717) is 65.0 Å². The van der Waals surface area contributed by atoms with E-state index in [4.69, 9.17) is 4.74 Å². The molecule has 10 heteroatoms. The molecule has 5 rings (SSSR count). The quantitative estimate of drug-likeness (QED) is 0.298. The number of thioether (sulfide) groups is 1. The Bertz CT molecular complexity index is 1360. The predicted octanol–water partition coefficient (Wildman–Crippen LogP) is 4.52. The number of nitrogens with zero attached hydrogens (tertiary/aromatic N) is 2. The highest BCUT2D eigenvalue weighted by molar-refractivity contribution is 7.98. The molecule has 4 heterocycles. The third-order valence-electron chi connectivity index (χ3n) is 6.72. The smallest absolute Gasteiger partial charge is 0.255 e. The van der Waals surface area contributed by atoms with Crippen molar-refractivity contribution in [2.45, 2.75) is 30.2 Å². The average Bonchev–Trinajstić information content (AvgIpc) is 3.53. The molecule has 2 aromatic heterocycles. The van der Waals surface area contributed by atoms with Crippen molar-refractivity contribution in [2.24, 2.45) is 0 Å². The topological polar surface area (TPSA) is 99.3 Å². The Morgan fingerprint density at radius 1 is 1.41 bits per heavy atom. The van der Waals surface area contributed by atoms with Crippen molar-refractivity contribution in [3.63, 3.8) is 0 Å². The number of halogens is 1. The van der Waals surface area contributed by atoms with E-state index >= 15 is 0 Å². The number of carbonyl (C=O) groups is 2. The summed E-state index contributed by atoms with van der Waals surface area (Å²) in [4.78, 5) is 35.1. The summed E-state index contributed by atoms with van der Waals surface area (Å²) in [6.07, 6.45) is 8.81. The molecule has 0 aliphatic carbocycles. The third kappa shape index (κ3) is 4.81. The van der Waals surface area contributed by atoms with Gasteiger partial charge in [0.25, 0.3) is 5.91 Å². The number of aromatic amines is 1. The number of rotatable bonds is 8. The fraction of sp³-hybridized carbons (Fsp3) is 0.296. The first-order chi connectivity index (χ1) is 18.0. The van der Waals surface area contributed by atoms with Crippen LogP contribution in [0.5, 0.6) is 5.75 Å². The Morgan fingerprint density at radius 2 is 2.27 bits per heavy atom. The molecule has 1 atom stereocenters. The Balaban J connectivity index is 1.53. The summed E-state index contributed by atoms with van der Waals surface area (Å²) in [5.41, 5.74) is 3.77. The lowest BCUT2D eigenvalue weighted by atomic mass is 10.0. The fourth-order valence-corrected chi connectivity index (χ4v) is 5.56. The summed E-state index contributed by atoms with van der Waals surface area (Å²) in [6, 6.07) is 6.59. The second kappa shape index (κ2) is 10.7. The lowest BCUT2D eigenvalue weighted by Gasteiger charge is -2.24. The van der Waals surface area contributed by atoms with E-state index in [1.807, 2.05) is 12.3 Å². The van der Waals surface area contributed by atoms with Crippen molar-refractivity contribution < 1.29 is 18.7 Å². The van der Waals surface area contributed by atoms with E-state index in [0.717, 1.165) is 18.5 Å². The molecule has 1 aromatic carbocycles. The zero-order valence-electron chi connectivity index (χ0n) is 20.5. The van der Waals surface area contributed by atoms with Gasteiger partial charge >= 0.3 is 0 Å².